The molecule has 4 rings (SSSR count). The number of methoxy groups -OCH3 is 2. The van der Waals surface area contributed by atoms with Gasteiger partial charge in [-0.2, -0.15) is 0 Å². The van der Waals surface area contributed by atoms with Crippen molar-refractivity contribution in [2.45, 2.75) is 41.5 Å². The lowest BCUT2D eigenvalue weighted by Gasteiger charge is -2.28. The number of ether oxygens (including phenoxy) is 2. The molecule has 0 aromatic heterocycles. The molecule has 2 nitrogen and oxygen atoms in total. The van der Waals surface area contributed by atoms with Crippen LogP contribution in [0.4, 0.5) is 0 Å². The minimum Gasteiger partial charge on any atom is -0.496 e. The monoisotopic (exact) mass is 542 g/mol. The standard InChI is InChI=1S/C34H40O2P2/c1-23-21-31(25(3)27(5)33(23)35-7)37(29-15-11-9-12-16-29)19-20-38(30-17-13-10-14-18-30)32-22-24(2)34(36-8)28(6)26(32)4/h9-18,21-22H,19-20H2,1-8H3/t37-,38+. The van der Waals surface area contributed by atoms with E-state index in [1.54, 1.807) is 14.2 Å². The Bertz CT molecular complexity index is 1290. The van der Waals surface area contributed by atoms with Gasteiger partial charge in [0.05, 0.1) is 14.2 Å². The normalized spacial score (nSPS) is 12.7. The van der Waals surface area contributed by atoms with Crippen LogP contribution in [0.3, 0.4) is 0 Å². The molecular formula is C34H40O2P2. The van der Waals surface area contributed by atoms with Crippen LogP contribution in [0.25, 0.3) is 0 Å². The van der Waals surface area contributed by atoms with E-state index in [9.17, 15) is 0 Å². The Morgan fingerprint density at radius 1 is 0.500 bits per heavy atom. The molecule has 4 aromatic carbocycles. The second-order valence-corrected chi connectivity index (χ2v) is 14.6. The molecule has 4 heteroatoms. The maximum absolute atomic E-state index is 5.77. The predicted molar refractivity (Wildman–Crippen MR) is 169 cm³/mol. The van der Waals surface area contributed by atoms with Gasteiger partial charge < -0.3 is 9.47 Å². The Labute approximate surface area is 231 Å². The van der Waals surface area contributed by atoms with Crippen LogP contribution in [0.2, 0.25) is 0 Å². The molecule has 0 heterocycles. The summed E-state index contributed by atoms with van der Waals surface area (Å²) in [7, 11) is 2.49. The van der Waals surface area contributed by atoms with Crippen molar-refractivity contribution in [2.24, 2.45) is 0 Å². The van der Waals surface area contributed by atoms with Crippen molar-refractivity contribution in [1.82, 2.24) is 0 Å². The molecule has 0 aliphatic carbocycles. The van der Waals surface area contributed by atoms with Crippen LogP contribution in [0.5, 0.6) is 11.5 Å². The molecule has 4 aromatic rings. The van der Waals surface area contributed by atoms with Gasteiger partial charge in [0.1, 0.15) is 11.5 Å². The van der Waals surface area contributed by atoms with Crippen LogP contribution >= 0.6 is 15.8 Å². The van der Waals surface area contributed by atoms with Crippen molar-refractivity contribution in [2.75, 3.05) is 26.5 Å². The van der Waals surface area contributed by atoms with Gasteiger partial charge in [-0.05, 0) is 136 Å². The van der Waals surface area contributed by atoms with Gasteiger partial charge in [0.15, 0.2) is 0 Å². The van der Waals surface area contributed by atoms with Crippen LogP contribution in [-0.4, -0.2) is 26.5 Å². The van der Waals surface area contributed by atoms with Crippen molar-refractivity contribution in [3.63, 3.8) is 0 Å². The summed E-state index contributed by atoms with van der Waals surface area (Å²) in [5, 5.41) is 5.83. The summed E-state index contributed by atoms with van der Waals surface area (Å²) in [6.45, 7) is 13.3. The average Bonchev–Trinajstić information content (AvgIpc) is 2.93. The third-order valence-corrected chi connectivity index (χ3v) is 13.3. The Hall–Kier alpha value is -2.66. The first-order valence-electron chi connectivity index (χ1n) is 13.2. The van der Waals surface area contributed by atoms with E-state index in [-0.39, 0.29) is 0 Å². The second-order valence-electron chi connectivity index (χ2n) is 9.97. The molecule has 2 atom stereocenters. The minimum atomic E-state index is -0.533. The molecule has 0 fully saturated rings. The smallest absolute Gasteiger partial charge is 0.124 e. The van der Waals surface area contributed by atoms with E-state index in [1.807, 2.05) is 0 Å². The summed E-state index contributed by atoms with van der Waals surface area (Å²) < 4.78 is 11.5. The van der Waals surface area contributed by atoms with Gasteiger partial charge in [-0.1, -0.05) is 60.7 Å². The van der Waals surface area contributed by atoms with Crippen molar-refractivity contribution < 1.29 is 9.47 Å². The molecular weight excluding hydrogens is 502 g/mol. The molecule has 0 saturated carbocycles. The van der Waals surface area contributed by atoms with Gasteiger partial charge in [0, 0.05) is 0 Å². The molecule has 0 bridgehead atoms. The van der Waals surface area contributed by atoms with Crippen LogP contribution in [0.15, 0.2) is 72.8 Å². The van der Waals surface area contributed by atoms with Crippen molar-refractivity contribution in [3.8, 4) is 11.5 Å². The van der Waals surface area contributed by atoms with Crippen LogP contribution < -0.4 is 30.7 Å². The lowest BCUT2D eigenvalue weighted by Crippen LogP contribution is -2.23. The van der Waals surface area contributed by atoms with E-state index in [2.05, 4.69) is 114 Å². The molecule has 0 saturated heterocycles. The van der Waals surface area contributed by atoms with E-state index in [0.29, 0.717) is 0 Å². The number of benzene rings is 4. The predicted octanol–water partition coefficient (Wildman–Crippen LogP) is 7.12. The number of hydrogen-bond donors (Lipinski definition) is 0. The first kappa shape index (κ1) is 28.4. The summed E-state index contributed by atoms with van der Waals surface area (Å²) in [6.07, 6.45) is 2.27. The zero-order chi connectivity index (χ0) is 27.4. The second kappa shape index (κ2) is 12.5. The molecule has 198 valence electrons. The highest BCUT2D eigenvalue weighted by Crippen LogP contribution is 2.44. The van der Waals surface area contributed by atoms with E-state index in [0.717, 1.165) is 23.8 Å². The third kappa shape index (κ3) is 5.68. The third-order valence-electron chi connectivity index (χ3n) is 7.67. The topological polar surface area (TPSA) is 18.5 Å². The summed E-state index contributed by atoms with van der Waals surface area (Å²) >= 11 is 0. The highest BCUT2D eigenvalue weighted by molar-refractivity contribution is 7.76. The summed E-state index contributed by atoms with van der Waals surface area (Å²) in [6, 6.07) is 27.0. The Kier molecular flexibility index (Phi) is 9.30. The van der Waals surface area contributed by atoms with E-state index in [4.69, 9.17) is 9.47 Å². The van der Waals surface area contributed by atoms with Gasteiger partial charge in [-0.3, -0.25) is 0 Å². The molecule has 38 heavy (non-hydrogen) atoms. The summed E-state index contributed by atoms with van der Waals surface area (Å²) in [5.74, 6) is 2.03. The van der Waals surface area contributed by atoms with Gasteiger partial charge in [-0.15, -0.1) is 0 Å². The SMILES string of the molecule is COc1c(C)cc([P@](CC[P@@](c2ccccc2)c2cc(C)c(OC)c(C)c2C)c2ccccc2)c(C)c1C. The maximum Gasteiger partial charge on any atom is 0.124 e. The fourth-order valence-electron chi connectivity index (χ4n) is 5.46. The quantitative estimate of drug-likeness (QED) is 0.210. The molecule has 0 amide bonds. The largest absolute Gasteiger partial charge is 0.496 e. The van der Waals surface area contributed by atoms with Gasteiger partial charge in [-0.25, -0.2) is 0 Å². The number of rotatable bonds is 9. The Morgan fingerprint density at radius 2 is 0.842 bits per heavy atom. The van der Waals surface area contributed by atoms with Gasteiger partial charge in [0.25, 0.3) is 0 Å². The van der Waals surface area contributed by atoms with Crippen molar-refractivity contribution in [1.29, 1.82) is 0 Å². The Balaban J connectivity index is 1.81. The van der Waals surface area contributed by atoms with E-state index in [1.165, 1.54) is 54.6 Å². The lowest BCUT2D eigenvalue weighted by atomic mass is 10.1. The number of hydrogen-bond acceptors (Lipinski definition) is 2. The Morgan fingerprint density at radius 3 is 1.16 bits per heavy atom. The molecule has 0 N–H and O–H groups in total. The molecule has 0 unspecified atom stereocenters. The fraction of sp³-hybridized carbons (Fsp3) is 0.294. The average molecular weight is 543 g/mol. The minimum absolute atomic E-state index is 0.533. The number of aryl methyl sites for hydroxylation is 2. The zero-order valence-electron chi connectivity index (χ0n) is 24.1. The highest BCUT2D eigenvalue weighted by atomic mass is 31.1. The summed E-state index contributed by atoms with van der Waals surface area (Å²) in [4.78, 5) is 0. The first-order valence-corrected chi connectivity index (χ1v) is 16.3. The zero-order valence-corrected chi connectivity index (χ0v) is 25.8. The fourth-order valence-corrected chi connectivity index (χ4v) is 11.5. The van der Waals surface area contributed by atoms with Crippen molar-refractivity contribution >= 4 is 37.1 Å². The molecule has 0 radical (unpaired) electrons. The first-order chi connectivity index (χ1) is 18.3. The molecule has 0 spiro atoms. The molecule has 0 aliphatic heterocycles. The molecule has 0 aliphatic rings. The van der Waals surface area contributed by atoms with E-state index < -0.39 is 15.8 Å². The van der Waals surface area contributed by atoms with Crippen LogP contribution in [0.1, 0.15) is 33.4 Å². The summed E-state index contributed by atoms with van der Waals surface area (Å²) in [5.41, 5.74) is 7.67. The van der Waals surface area contributed by atoms with Crippen LogP contribution in [-0.2, 0) is 0 Å². The van der Waals surface area contributed by atoms with Gasteiger partial charge in [0.2, 0.25) is 0 Å². The van der Waals surface area contributed by atoms with E-state index >= 15 is 0 Å². The maximum atomic E-state index is 5.77. The van der Waals surface area contributed by atoms with Crippen molar-refractivity contribution in [3.05, 3.63) is 106 Å². The van der Waals surface area contributed by atoms with Crippen LogP contribution in [0, 0.1) is 41.5 Å². The van der Waals surface area contributed by atoms with Gasteiger partial charge >= 0.3 is 0 Å². The lowest BCUT2D eigenvalue weighted by molar-refractivity contribution is 0.408. The highest BCUT2D eigenvalue weighted by Gasteiger charge is 2.25.